The van der Waals surface area contributed by atoms with E-state index in [2.05, 4.69) is 10.2 Å². The van der Waals surface area contributed by atoms with E-state index in [4.69, 9.17) is 23.2 Å². The van der Waals surface area contributed by atoms with E-state index in [0.717, 1.165) is 25.2 Å². The lowest BCUT2D eigenvalue weighted by molar-refractivity contribution is -0.138. The van der Waals surface area contributed by atoms with Gasteiger partial charge in [0.1, 0.15) is 6.04 Å². The maximum atomic E-state index is 13.5. The van der Waals surface area contributed by atoms with Crippen LogP contribution in [0.25, 0.3) is 0 Å². The number of halogens is 5. The number of hydrogen-bond donors (Lipinski definition) is 1. The highest BCUT2D eigenvalue weighted by Gasteiger charge is 2.52. The second-order valence-electron chi connectivity index (χ2n) is 9.25. The molecule has 1 saturated heterocycles. The number of hydrogen-bond acceptors (Lipinski definition) is 3. The minimum atomic E-state index is -4.45. The van der Waals surface area contributed by atoms with Crippen molar-refractivity contribution in [3.63, 3.8) is 0 Å². The van der Waals surface area contributed by atoms with Gasteiger partial charge in [-0.2, -0.15) is 13.2 Å². The fourth-order valence-electron chi connectivity index (χ4n) is 4.40. The summed E-state index contributed by atoms with van der Waals surface area (Å²) >= 11 is 12.4. The maximum Gasteiger partial charge on any atom is 0.416 e. The van der Waals surface area contributed by atoms with Crippen molar-refractivity contribution in [1.29, 1.82) is 0 Å². The molecule has 2 aromatic rings. The average molecular weight is 528 g/mol. The number of likely N-dealkylation sites (N-methyl/N-ethyl adjacent to an activating group) is 1. The predicted octanol–water partition coefficient (Wildman–Crippen LogP) is 4.55. The van der Waals surface area contributed by atoms with Gasteiger partial charge in [0.2, 0.25) is 11.8 Å². The minimum absolute atomic E-state index is 0.177. The van der Waals surface area contributed by atoms with Crippen LogP contribution < -0.4 is 5.32 Å². The zero-order chi connectivity index (χ0) is 25.4. The van der Waals surface area contributed by atoms with Crippen molar-refractivity contribution in [2.24, 2.45) is 0 Å². The fourth-order valence-corrected chi connectivity index (χ4v) is 4.89. The SMILES string of the molecule is CN1CCN(C(=O)[C@H](Cc2ccc(Cl)cc2Cl)NC(=O)C2(c3ccc(C(F)(F)F)cc3)CC2)CC1. The molecule has 0 aromatic heterocycles. The summed E-state index contributed by atoms with van der Waals surface area (Å²) in [4.78, 5) is 30.7. The number of carbonyl (C=O) groups excluding carboxylic acids is 2. The molecule has 35 heavy (non-hydrogen) atoms. The van der Waals surface area contributed by atoms with Gasteiger partial charge in [-0.1, -0.05) is 41.4 Å². The number of rotatable bonds is 6. The summed E-state index contributed by atoms with van der Waals surface area (Å²) < 4.78 is 38.9. The molecule has 2 aromatic carbocycles. The molecule has 2 fully saturated rings. The molecule has 10 heteroatoms. The van der Waals surface area contributed by atoms with Crippen molar-refractivity contribution < 1.29 is 22.8 Å². The normalized spacial score (nSPS) is 18.7. The lowest BCUT2D eigenvalue weighted by Crippen LogP contribution is -2.56. The van der Waals surface area contributed by atoms with E-state index < -0.39 is 23.2 Å². The molecule has 1 aliphatic heterocycles. The van der Waals surface area contributed by atoms with Gasteiger partial charge in [-0.3, -0.25) is 9.59 Å². The van der Waals surface area contributed by atoms with Crippen LogP contribution in [-0.2, 0) is 27.6 Å². The summed E-state index contributed by atoms with van der Waals surface area (Å²) in [5.41, 5.74) is -0.520. The molecule has 0 unspecified atom stereocenters. The molecule has 4 rings (SSSR count). The van der Waals surface area contributed by atoms with Gasteiger partial charge in [-0.25, -0.2) is 0 Å². The standard InChI is InChI=1S/C25H26Cl2F3N3O2/c1-32-10-12-33(13-11-32)22(34)21(14-16-2-7-19(26)15-20(16)27)31-23(35)24(8-9-24)17-3-5-18(6-4-17)25(28,29)30/h2-7,15,21H,8-14H2,1H3,(H,31,35)/t21-/m0/s1. The topological polar surface area (TPSA) is 52.6 Å². The molecule has 0 radical (unpaired) electrons. The number of nitrogens with one attached hydrogen (secondary N) is 1. The second kappa shape index (κ2) is 9.99. The van der Waals surface area contributed by atoms with Crippen LogP contribution in [0.15, 0.2) is 42.5 Å². The molecule has 5 nitrogen and oxygen atoms in total. The van der Waals surface area contributed by atoms with E-state index >= 15 is 0 Å². The Morgan fingerprint density at radius 3 is 2.20 bits per heavy atom. The van der Waals surface area contributed by atoms with E-state index in [0.29, 0.717) is 47.1 Å². The van der Waals surface area contributed by atoms with E-state index in [1.165, 1.54) is 12.1 Å². The molecule has 2 amide bonds. The van der Waals surface area contributed by atoms with Gasteiger partial charge in [0.15, 0.2) is 0 Å². The van der Waals surface area contributed by atoms with Gasteiger partial charge in [-0.05, 0) is 55.3 Å². The van der Waals surface area contributed by atoms with Crippen LogP contribution in [0.5, 0.6) is 0 Å². The summed E-state index contributed by atoms with van der Waals surface area (Å²) in [5.74, 6) is -0.574. The number of benzene rings is 2. The average Bonchev–Trinajstić information content (AvgIpc) is 3.62. The van der Waals surface area contributed by atoms with Crippen LogP contribution in [-0.4, -0.2) is 60.9 Å². The third kappa shape index (κ3) is 5.76. The van der Waals surface area contributed by atoms with Crippen molar-refractivity contribution in [2.75, 3.05) is 33.2 Å². The summed E-state index contributed by atoms with van der Waals surface area (Å²) in [6.07, 6.45) is -3.27. The summed E-state index contributed by atoms with van der Waals surface area (Å²) in [5, 5.41) is 3.76. The number of amides is 2. The van der Waals surface area contributed by atoms with Crippen LogP contribution in [0.2, 0.25) is 10.0 Å². The quantitative estimate of drug-likeness (QED) is 0.599. The lowest BCUT2D eigenvalue weighted by atomic mass is 9.93. The fraction of sp³-hybridized carbons (Fsp3) is 0.440. The van der Waals surface area contributed by atoms with Crippen LogP contribution in [0.4, 0.5) is 13.2 Å². The Balaban J connectivity index is 1.56. The molecule has 0 bridgehead atoms. The molecule has 1 heterocycles. The highest BCUT2D eigenvalue weighted by Crippen LogP contribution is 2.49. The van der Waals surface area contributed by atoms with Crippen LogP contribution in [0.3, 0.4) is 0 Å². The van der Waals surface area contributed by atoms with E-state index in [-0.39, 0.29) is 18.2 Å². The van der Waals surface area contributed by atoms with Crippen molar-refractivity contribution in [1.82, 2.24) is 15.1 Å². The van der Waals surface area contributed by atoms with Crippen molar-refractivity contribution in [3.8, 4) is 0 Å². The van der Waals surface area contributed by atoms with Gasteiger partial charge < -0.3 is 15.1 Å². The molecule has 1 aliphatic carbocycles. The van der Waals surface area contributed by atoms with E-state index in [9.17, 15) is 22.8 Å². The smallest absolute Gasteiger partial charge is 0.343 e. The molecular weight excluding hydrogens is 502 g/mol. The van der Waals surface area contributed by atoms with Crippen molar-refractivity contribution in [3.05, 3.63) is 69.2 Å². The zero-order valence-corrected chi connectivity index (χ0v) is 20.7. The Morgan fingerprint density at radius 2 is 1.66 bits per heavy atom. The first-order valence-corrected chi connectivity index (χ1v) is 12.2. The zero-order valence-electron chi connectivity index (χ0n) is 19.2. The third-order valence-electron chi connectivity index (χ3n) is 6.81. The molecular formula is C25H26Cl2F3N3O2. The van der Waals surface area contributed by atoms with Crippen molar-refractivity contribution >= 4 is 35.0 Å². The predicted molar refractivity (Wildman–Crippen MR) is 129 cm³/mol. The first-order valence-electron chi connectivity index (χ1n) is 11.4. The van der Waals surface area contributed by atoms with Crippen LogP contribution >= 0.6 is 23.2 Å². The highest BCUT2D eigenvalue weighted by molar-refractivity contribution is 6.35. The molecule has 0 spiro atoms. The Labute approximate surface area is 212 Å². The van der Waals surface area contributed by atoms with Gasteiger partial charge in [-0.15, -0.1) is 0 Å². The number of nitrogens with zero attached hydrogens (tertiary/aromatic N) is 2. The molecule has 1 atom stereocenters. The Kier molecular flexibility index (Phi) is 7.36. The Morgan fingerprint density at radius 1 is 1.03 bits per heavy atom. The number of alkyl halides is 3. The van der Waals surface area contributed by atoms with Crippen LogP contribution in [0, 0.1) is 0 Å². The Bertz CT molecular complexity index is 1100. The summed E-state index contributed by atoms with van der Waals surface area (Å²) in [7, 11) is 1.98. The van der Waals surface area contributed by atoms with Crippen LogP contribution in [0.1, 0.15) is 29.5 Å². The first kappa shape index (κ1) is 25.8. The molecule has 2 aliphatic rings. The van der Waals surface area contributed by atoms with E-state index in [1.807, 2.05) is 7.05 Å². The minimum Gasteiger partial charge on any atom is -0.343 e. The van der Waals surface area contributed by atoms with Gasteiger partial charge in [0, 0.05) is 42.6 Å². The summed E-state index contributed by atoms with van der Waals surface area (Å²) in [6, 6.07) is 8.80. The third-order valence-corrected chi connectivity index (χ3v) is 7.39. The summed E-state index contributed by atoms with van der Waals surface area (Å²) in [6.45, 7) is 2.54. The molecule has 188 valence electrons. The monoisotopic (exact) mass is 527 g/mol. The lowest BCUT2D eigenvalue weighted by Gasteiger charge is -2.35. The van der Waals surface area contributed by atoms with Gasteiger partial charge in [0.05, 0.1) is 11.0 Å². The molecule has 1 N–H and O–H groups in total. The van der Waals surface area contributed by atoms with E-state index in [1.54, 1.807) is 23.1 Å². The first-order chi connectivity index (χ1) is 16.5. The number of carbonyl (C=O) groups is 2. The second-order valence-corrected chi connectivity index (χ2v) is 10.1. The van der Waals surface area contributed by atoms with Gasteiger partial charge >= 0.3 is 6.18 Å². The molecule has 1 saturated carbocycles. The Hall–Kier alpha value is -2.29. The van der Waals surface area contributed by atoms with Crippen molar-refractivity contribution in [2.45, 2.75) is 36.9 Å². The number of piperazine rings is 1. The largest absolute Gasteiger partial charge is 0.416 e. The maximum absolute atomic E-state index is 13.5. The van der Waals surface area contributed by atoms with Gasteiger partial charge in [0.25, 0.3) is 0 Å². The highest BCUT2D eigenvalue weighted by atomic mass is 35.5.